The number of hydrogen-bond acceptors (Lipinski definition) is 6. The van der Waals surface area contributed by atoms with Gasteiger partial charge in [-0.3, -0.25) is 13.9 Å². The molecule has 3 rings (SSSR count). The van der Waals surface area contributed by atoms with Crippen molar-refractivity contribution in [2.45, 2.75) is 64.6 Å². The van der Waals surface area contributed by atoms with Crippen LogP contribution in [0.25, 0.3) is 0 Å². The first-order valence-electron chi connectivity index (χ1n) is 13.9. The zero-order valence-electron chi connectivity index (χ0n) is 25.4. The second kappa shape index (κ2) is 14.2. The number of carbonyl (C=O) groups is 2. The highest BCUT2D eigenvalue weighted by Gasteiger charge is 2.33. The molecule has 226 valence electrons. The Morgan fingerprint density at radius 2 is 1.50 bits per heavy atom. The van der Waals surface area contributed by atoms with Crippen LogP contribution in [0.4, 0.5) is 5.69 Å². The molecule has 0 saturated heterocycles. The molecular weight excluding hydrogens is 554 g/mol. The number of methoxy groups -OCH3 is 2. The molecule has 42 heavy (non-hydrogen) atoms. The summed E-state index contributed by atoms with van der Waals surface area (Å²) in [4.78, 5) is 28.6. The molecule has 0 aliphatic heterocycles. The summed E-state index contributed by atoms with van der Waals surface area (Å²) >= 11 is 0. The third-order valence-electron chi connectivity index (χ3n) is 7.08. The monoisotopic (exact) mass is 595 g/mol. The summed E-state index contributed by atoms with van der Waals surface area (Å²) in [6.07, 6.45) is 0.731. The van der Waals surface area contributed by atoms with Crippen LogP contribution < -0.4 is 19.1 Å². The summed E-state index contributed by atoms with van der Waals surface area (Å²) in [5.41, 5.74) is 2.83. The highest BCUT2D eigenvalue weighted by Crippen LogP contribution is 2.33. The first-order valence-corrected chi connectivity index (χ1v) is 15.3. The molecule has 2 amide bonds. The van der Waals surface area contributed by atoms with Crippen molar-refractivity contribution in [3.63, 3.8) is 0 Å². The molecule has 3 aromatic carbocycles. The largest absolute Gasteiger partial charge is 0.493 e. The van der Waals surface area contributed by atoms with Gasteiger partial charge in [0.1, 0.15) is 12.6 Å². The van der Waals surface area contributed by atoms with Gasteiger partial charge in [0.25, 0.3) is 10.0 Å². The molecule has 0 fully saturated rings. The number of nitrogens with one attached hydrogen (secondary N) is 1. The lowest BCUT2D eigenvalue weighted by Gasteiger charge is -2.32. The van der Waals surface area contributed by atoms with Gasteiger partial charge < -0.3 is 19.7 Å². The fourth-order valence-electron chi connectivity index (χ4n) is 4.56. The molecular formula is C32H41N3O6S. The van der Waals surface area contributed by atoms with E-state index in [1.165, 1.54) is 37.3 Å². The number of ether oxygens (including phenoxy) is 2. The SMILES string of the molecule is CC[C@H](C)NC(=O)[C@H](C)N(Cc1ccccc1)C(=O)CN(c1cc(C)cc(C)c1)S(=O)(=O)c1ccc(OC)c(OC)c1. The zero-order valence-corrected chi connectivity index (χ0v) is 26.2. The van der Waals surface area contributed by atoms with Crippen molar-refractivity contribution in [1.29, 1.82) is 0 Å². The molecule has 0 heterocycles. The Morgan fingerprint density at radius 1 is 0.881 bits per heavy atom. The van der Waals surface area contributed by atoms with E-state index in [1.54, 1.807) is 19.1 Å². The third-order valence-corrected chi connectivity index (χ3v) is 8.85. The average Bonchev–Trinajstić information content (AvgIpc) is 2.97. The molecule has 0 spiro atoms. The lowest BCUT2D eigenvalue weighted by Crippen LogP contribution is -2.52. The number of aryl methyl sites for hydroxylation is 2. The van der Waals surface area contributed by atoms with Crippen molar-refractivity contribution in [1.82, 2.24) is 10.2 Å². The van der Waals surface area contributed by atoms with Gasteiger partial charge in [0.05, 0.1) is 24.8 Å². The second-order valence-electron chi connectivity index (χ2n) is 10.4. The van der Waals surface area contributed by atoms with Gasteiger partial charge in [0.2, 0.25) is 11.8 Å². The fraction of sp³-hybridized carbons (Fsp3) is 0.375. The topological polar surface area (TPSA) is 105 Å². The van der Waals surface area contributed by atoms with Gasteiger partial charge in [0.15, 0.2) is 11.5 Å². The Balaban J connectivity index is 2.09. The van der Waals surface area contributed by atoms with Crippen LogP contribution in [-0.4, -0.2) is 58.0 Å². The molecule has 0 aromatic heterocycles. The van der Waals surface area contributed by atoms with Crippen molar-refractivity contribution in [3.05, 3.63) is 83.4 Å². The minimum Gasteiger partial charge on any atom is -0.493 e. The first kappa shape index (κ1) is 32.5. The smallest absolute Gasteiger partial charge is 0.264 e. The fourth-order valence-corrected chi connectivity index (χ4v) is 5.97. The summed E-state index contributed by atoms with van der Waals surface area (Å²) in [5, 5.41) is 2.94. The molecule has 1 N–H and O–H groups in total. The maximum absolute atomic E-state index is 14.2. The van der Waals surface area contributed by atoms with E-state index in [4.69, 9.17) is 9.47 Å². The summed E-state index contributed by atoms with van der Waals surface area (Å²) in [5.74, 6) is -0.213. The van der Waals surface area contributed by atoms with Gasteiger partial charge in [-0.15, -0.1) is 0 Å². The van der Waals surface area contributed by atoms with Crippen LogP contribution in [0.15, 0.2) is 71.6 Å². The van der Waals surface area contributed by atoms with E-state index in [-0.39, 0.29) is 29.1 Å². The lowest BCUT2D eigenvalue weighted by atomic mass is 10.1. The number of carbonyl (C=O) groups excluding carboxylic acids is 2. The predicted molar refractivity (Wildman–Crippen MR) is 164 cm³/mol. The molecule has 0 saturated carbocycles. The maximum Gasteiger partial charge on any atom is 0.264 e. The average molecular weight is 596 g/mol. The molecule has 0 unspecified atom stereocenters. The van der Waals surface area contributed by atoms with Gasteiger partial charge in [0, 0.05) is 18.7 Å². The Kier molecular flexibility index (Phi) is 11.0. The highest BCUT2D eigenvalue weighted by atomic mass is 32.2. The standard InChI is InChI=1S/C32H41N3O6S/c1-8-24(4)33-32(37)25(5)34(20-26-12-10-9-11-13-26)31(36)21-35(27-17-22(2)16-23(3)18-27)42(38,39)28-14-15-29(40-6)30(19-28)41-7/h9-19,24-25H,8,20-21H2,1-7H3,(H,33,37)/t24-,25-/m0/s1. The number of anilines is 1. The van der Waals surface area contributed by atoms with Crippen LogP contribution >= 0.6 is 0 Å². The summed E-state index contributed by atoms with van der Waals surface area (Å²) in [7, 11) is -1.38. The molecule has 2 atom stereocenters. The van der Waals surface area contributed by atoms with E-state index >= 15 is 0 Å². The molecule has 0 aliphatic rings. The van der Waals surface area contributed by atoms with Crippen LogP contribution in [-0.2, 0) is 26.2 Å². The maximum atomic E-state index is 14.2. The Bertz CT molecular complexity index is 1470. The summed E-state index contributed by atoms with van der Waals surface area (Å²) in [6.45, 7) is 8.85. The second-order valence-corrected chi connectivity index (χ2v) is 12.2. The minimum atomic E-state index is -4.27. The van der Waals surface area contributed by atoms with E-state index in [9.17, 15) is 18.0 Å². The van der Waals surface area contributed by atoms with E-state index < -0.39 is 28.5 Å². The van der Waals surface area contributed by atoms with Crippen LogP contribution in [0, 0.1) is 13.8 Å². The molecule has 9 nitrogen and oxygen atoms in total. The normalized spacial score (nSPS) is 12.6. The lowest BCUT2D eigenvalue weighted by molar-refractivity contribution is -0.139. The molecule has 3 aromatic rings. The van der Waals surface area contributed by atoms with E-state index in [0.717, 1.165) is 27.4 Å². The summed E-state index contributed by atoms with van der Waals surface area (Å²) < 4.78 is 40.1. The van der Waals surface area contributed by atoms with Gasteiger partial charge >= 0.3 is 0 Å². The van der Waals surface area contributed by atoms with Crippen molar-refractivity contribution < 1.29 is 27.5 Å². The van der Waals surface area contributed by atoms with Crippen molar-refractivity contribution in [3.8, 4) is 11.5 Å². The Labute approximate surface area is 249 Å². The Morgan fingerprint density at radius 3 is 2.07 bits per heavy atom. The van der Waals surface area contributed by atoms with Crippen LogP contribution in [0.3, 0.4) is 0 Å². The van der Waals surface area contributed by atoms with E-state index in [2.05, 4.69) is 5.32 Å². The predicted octanol–water partition coefficient (Wildman–Crippen LogP) is 4.85. The number of amides is 2. The van der Waals surface area contributed by atoms with Crippen molar-refractivity contribution in [2.75, 3.05) is 25.1 Å². The molecule has 10 heteroatoms. The zero-order chi connectivity index (χ0) is 31.0. The first-order chi connectivity index (χ1) is 19.9. The molecule has 0 bridgehead atoms. The molecule has 0 radical (unpaired) electrons. The van der Waals surface area contributed by atoms with Gasteiger partial charge in [-0.1, -0.05) is 43.3 Å². The number of rotatable bonds is 13. The van der Waals surface area contributed by atoms with Crippen LogP contribution in [0.1, 0.15) is 43.9 Å². The van der Waals surface area contributed by atoms with Gasteiger partial charge in [-0.2, -0.15) is 0 Å². The number of sulfonamides is 1. The molecule has 0 aliphatic carbocycles. The van der Waals surface area contributed by atoms with Gasteiger partial charge in [-0.05, 0) is 75.1 Å². The summed E-state index contributed by atoms with van der Waals surface area (Å²) in [6, 6.07) is 18.0. The third kappa shape index (κ3) is 7.82. The number of hydrogen-bond donors (Lipinski definition) is 1. The Hall–Kier alpha value is -4.05. The van der Waals surface area contributed by atoms with Crippen LogP contribution in [0.2, 0.25) is 0 Å². The van der Waals surface area contributed by atoms with Crippen molar-refractivity contribution >= 4 is 27.5 Å². The van der Waals surface area contributed by atoms with E-state index in [1.807, 2.05) is 64.1 Å². The van der Waals surface area contributed by atoms with E-state index in [0.29, 0.717) is 11.4 Å². The van der Waals surface area contributed by atoms with Crippen molar-refractivity contribution in [2.24, 2.45) is 0 Å². The minimum absolute atomic E-state index is 0.0655. The number of benzene rings is 3. The number of nitrogens with zero attached hydrogens (tertiary/aromatic N) is 2. The van der Waals surface area contributed by atoms with Gasteiger partial charge in [-0.25, -0.2) is 8.42 Å². The quantitative estimate of drug-likeness (QED) is 0.303. The van der Waals surface area contributed by atoms with Crippen LogP contribution in [0.5, 0.6) is 11.5 Å². The highest BCUT2D eigenvalue weighted by molar-refractivity contribution is 7.92.